The van der Waals surface area contributed by atoms with Crippen molar-refractivity contribution in [3.63, 3.8) is 0 Å². The number of guanidine groups is 1. The fraction of sp³-hybridized carbons (Fsp3) is 0.708. The highest BCUT2D eigenvalue weighted by atomic mass is 16.5. The van der Waals surface area contributed by atoms with E-state index in [0.29, 0.717) is 18.6 Å². The number of nitrogens with one attached hydrogen (secondary N) is 2. The first-order valence-corrected chi connectivity index (χ1v) is 11.8. The molecule has 174 valence electrons. The number of morpholine rings is 1. The predicted molar refractivity (Wildman–Crippen MR) is 124 cm³/mol. The zero-order valence-corrected chi connectivity index (χ0v) is 19.3. The summed E-state index contributed by atoms with van der Waals surface area (Å²) < 4.78 is 16.8. The van der Waals surface area contributed by atoms with Gasteiger partial charge in [0.15, 0.2) is 5.96 Å². The minimum Gasteiger partial charge on any atom is -0.381 e. The van der Waals surface area contributed by atoms with Crippen LogP contribution in [-0.2, 0) is 27.3 Å². The summed E-state index contributed by atoms with van der Waals surface area (Å²) in [5.74, 6) is 1.44. The van der Waals surface area contributed by atoms with Crippen LogP contribution in [-0.4, -0.2) is 76.2 Å². The second kappa shape index (κ2) is 13.7. The topological polar surface area (TPSA) is 67.4 Å². The number of benzene rings is 1. The Balaban J connectivity index is 1.39. The highest BCUT2D eigenvalue weighted by Crippen LogP contribution is 2.13. The van der Waals surface area contributed by atoms with Crippen molar-refractivity contribution >= 4 is 5.96 Å². The first-order valence-electron chi connectivity index (χ1n) is 11.8. The summed E-state index contributed by atoms with van der Waals surface area (Å²) in [6.07, 6.45) is 2.41. The van der Waals surface area contributed by atoms with Gasteiger partial charge in [0.05, 0.1) is 32.5 Å². The van der Waals surface area contributed by atoms with Crippen LogP contribution < -0.4 is 10.6 Å². The van der Waals surface area contributed by atoms with Crippen LogP contribution in [0.2, 0.25) is 0 Å². The quantitative estimate of drug-likeness (QED) is 0.318. The maximum atomic E-state index is 5.78. The molecular weight excluding hydrogens is 392 g/mol. The standard InChI is InChI=1S/C24H40N4O3/c1-3-25-24(26-9-5-11-29-18-23-8-12-30-19-23)27-15-21-6-4-7-22(14-21)17-28-10-13-31-20(2)16-28/h4,6-7,14,20,23H,3,5,8-13,15-19H2,1-2H3,(H2,25,26,27). The highest BCUT2D eigenvalue weighted by Gasteiger charge is 2.17. The molecule has 2 aliphatic heterocycles. The maximum absolute atomic E-state index is 5.78. The van der Waals surface area contributed by atoms with Crippen LogP contribution in [0.5, 0.6) is 0 Å². The lowest BCUT2D eigenvalue weighted by molar-refractivity contribution is -0.0212. The lowest BCUT2D eigenvalue weighted by atomic mass is 10.1. The third-order valence-electron chi connectivity index (χ3n) is 5.62. The molecule has 0 radical (unpaired) electrons. The Kier molecular flexibility index (Phi) is 10.6. The third-order valence-corrected chi connectivity index (χ3v) is 5.62. The van der Waals surface area contributed by atoms with Crippen LogP contribution >= 0.6 is 0 Å². The molecule has 2 fully saturated rings. The van der Waals surface area contributed by atoms with Gasteiger partial charge in [-0.2, -0.15) is 0 Å². The molecule has 2 unspecified atom stereocenters. The molecule has 1 aromatic rings. The molecule has 3 rings (SSSR count). The monoisotopic (exact) mass is 432 g/mol. The molecule has 2 N–H and O–H groups in total. The number of hydrogen-bond donors (Lipinski definition) is 2. The lowest BCUT2D eigenvalue weighted by Gasteiger charge is -2.31. The SMILES string of the molecule is CCNC(=NCc1cccc(CN2CCOC(C)C2)c1)NCCCOCC1CCOC1. The third kappa shape index (κ3) is 9.15. The van der Waals surface area contributed by atoms with Crippen molar-refractivity contribution in [2.45, 2.75) is 45.9 Å². The van der Waals surface area contributed by atoms with Crippen molar-refractivity contribution in [2.75, 3.05) is 59.2 Å². The van der Waals surface area contributed by atoms with E-state index in [1.807, 2.05) is 0 Å². The second-order valence-electron chi connectivity index (χ2n) is 8.52. The summed E-state index contributed by atoms with van der Waals surface area (Å²) in [5.41, 5.74) is 2.57. The Morgan fingerprint density at radius 3 is 2.97 bits per heavy atom. The molecule has 2 heterocycles. The molecule has 31 heavy (non-hydrogen) atoms. The van der Waals surface area contributed by atoms with Gasteiger partial charge in [-0.15, -0.1) is 0 Å². The van der Waals surface area contributed by atoms with E-state index in [9.17, 15) is 0 Å². The van der Waals surface area contributed by atoms with Gasteiger partial charge in [-0.25, -0.2) is 4.99 Å². The zero-order chi connectivity index (χ0) is 21.7. The second-order valence-corrected chi connectivity index (χ2v) is 8.52. The van der Waals surface area contributed by atoms with Crippen molar-refractivity contribution < 1.29 is 14.2 Å². The average molecular weight is 433 g/mol. The minimum atomic E-state index is 0.317. The van der Waals surface area contributed by atoms with Gasteiger partial charge in [0, 0.05) is 51.9 Å². The number of aliphatic imine (C=N–C) groups is 1. The summed E-state index contributed by atoms with van der Waals surface area (Å²) in [4.78, 5) is 7.23. The number of hydrogen-bond acceptors (Lipinski definition) is 5. The van der Waals surface area contributed by atoms with Gasteiger partial charge in [-0.3, -0.25) is 4.90 Å². The Labute approximate surface area is 187 Å². The Morgan fingerprint density at radius 1 is 1.26 bits per heavy atom. The average Bonchev–Trinajstić information content (AvgIpc) is 3.28. The largest absolute Gasteiger partial charge is 0.381 e. The van der Waals surface area contributed by atoms with Crippen molar-refractivity contribution in [3.05, 3.63) is 35.4 Å². The van der Waals surface area contributed by atoms with E-state index >= 15 is 0 Å². The van der Waals surface area contributed by atoms with E-state index in [1.54, 1.807) is 0 Å². The molecule has 2 aliphatic rings. The molecule has 2 saturated heterocycles. The van der Waals surface area contributed by atoms with E-state index in [1.165, 1.54) is 11.1 Å². The molecule has 0 bridgehead atoms. The Bertz CT molecular complexity index is 664. The molecule has 0 saturated carbocycles. The predicted octanol–water partition coefficient (Wildman–Crippen LogP) is 2.41. The molecule has 7 nitrogen and oxygen atoms in total. The first kappa shape index (κ1) is 24.0. The van der Waals surface area contributed by atoms with E-state index < -0.39 is 0 Å². The van der Waals surface area contributed by atoms with Crippen LogP contribution in [0.15, 0.2) is 29.3 Å². The Hall–Kier alpha value is -1.67. The van der Waals surface area contributed by atoms with Crippen LogP contribution in [0.4, 0.5) is 0 Å². The minimum absolute atomic E-state index is 0.317. The maximum Gasteiger partial charge on any atom is 0.191 e. The molecule has 0 aliphatic carbocycles. The zero-order valence-electron chi connectivity index (χ0n) is 19.3. The van der Waals surface area contributed by atoms with Crippen LogP contribution in [0.1, 0.15) is 37.8 Å². The molecule has 0 amide bonds. The number of rotatable bonds is 11. The van der Waals surface area contributed by atoms with Crippen molar-refractivity contribution in [2.24, 2.45) is 10.9 Å². The van der Waals surface area contributed by atoms with Crippen molar-refractivity contribution in [1.29, 1.82) is 0 Å². The summed E-state index contributed by atoms with van der Waals surface area (Å²) in [6, 6.07) is 8.76. The first-order chi connectivity index (χ1) is 15.2. The van der Waals surface area contributed by atoms with E-state index in [4.69, 9.17) is 19.2 Å². The molecule has 1 aromatic carbocycles. The van der Waals surface area contributed by atoms with Gasteiger partial charge in [-0.05, 0) is 37.8 Å². The number of ether oxygens (including phenoxy) is 3. The summed E-state index contributed by atoms with van der Waals surface area (Å²) >= 11 is 0. The number of nitrogens with zero attached hydrogens (tertiary/aromatic N) is 2. The molecule has 7 heteroatoms. The normalized spacial score (nSPS) is 22.6. The lowest BCUT2D eigenvalue weighted by Crippen LogP contribution is -2.40. The Morgan fingerprint density at radius 2 is 2.16 bits per heavy atom. The molecular formula is C24H40N4O3. The van der Waals surface area contributed by atoms with Gasteiger partial charge < -0.3 is 24.8 Å². The summed E-state index contributed by atoms with van der Waals surface area (Å²) in [5, 5.41) is 6.75. The fourth-order valence-corrected chi connectivity index (χ4v) is 3.98. The van der Waals surface area contributed by atoms with Gasteiger partial charge in [0.25, 0.3) is 0 Å². The van der Waals surface area contributed by atoms with E-state index in [0.717, 1.165) is 84.6 Å². The van der Waals surface area contributed by atoms with Gasteiger partial charge in [0.1, 0.15) is 0 Å². The smallest absolute Gasteiger partial charge is 0.191 e. The summed E-state index contributed by atoms with van der Waals surface area (Å²) in [6.45, 7) is 13.7. The molecule has 2 atom stereocenters. The van der Waals surface area contributed by atoms with E-state index in [2.05, 4.69) is 53.6 Å². The van der Waals surface area contributed by atoms with Crippen molar-refractivity contribution in [3.8, 4) is 0 Å². The van der Waals surface area contributed by atoms with Gasteiger partial charge in [-0.1, -0.05) is 24.3 Å². The van der Waals surface area contributed by atoms with Crippen molar-refractivity contribution in [1.82, 2.24) is 15.5 Å². The van der Waals surface area contributed by atoms with Crippen LogP contribution in [0.3, 0.4) is 0 Å². The van der Waals surface area contributed by atoms with Gasteiger partial charge >= 0.3 is 0 Å². The highest BCUT2D eigenvalue weighted by molar-refractivity contribution is 5.79. The van der Waals surface area contributed by atoms with Crippen LogP contribution in [0.25, 0.3) is 0 Å². The van der Waals surface area contributed by atoms with Gasteiger partial charge in [0.2, 0.25) is 0 Å². The molecule has 0 spiro atoms. The van der Waals surface area contributed by atoms with E-state index in [-0.39, 0.29) is 0 Å². The van der Waals surface area contributed by atoms with Crippen LogP contribution in [0, 0.1) is 5.92 Å². The molecule has 0 aromatic heterocycles. The summed E-state index contributed by atoms with van der Waals surface area (Å²) in [7, 11) is 0. The fourth-order valence-electron chi connectivity index (χ4n) is 3.98.